The first-order valence-corrected chi connectivity index (χ1v) is 6.69. The van der Waals surface area contributed by atoms with E-state index in [9.17, 15) is 0 Å². The van der Waals surface area contributed by atoms with E-state index in [0.717, 1.165) is 5.92 Å². The van der Waals surface area contributed by atoms with Crippen LogP contribution in [-0.2, 0) is 25.8 Å². The first kappa shape index (κ1) is 28.3. The molecule has 0 aromatic heterocycles. The third kappa shape index (κ3) is 19.1. The summed E-state index contributed by atoms with van der Waals surface area (Å²) in [5.74, 6) is 0.732. The summed E-state index contributed by atoms with van der Waals surface area (Å²) >= 11 is 6.14. The van der Waals surface area contributed by atoms with Crippen LogP contribution in [0.2, 0.25) is 13.1 Å². The predicted molar refractivity (Wildman–Crippen MR) is 89.5 cm³/mol. The van der Waals surface area contributed by atoms with E-state index < -0.39 is 0 Å². The van der Waals surface area contributed by atoms with Crippen molar-refractivity contribution >= 4 is 18.4 Å². The molecule has 112 valence electrons. The molecule has 0 radical (unpaired) electrons. The summed E-state index contributed by atoms with van der Waals surface area (Å²) in [7, 11) is 8.89. The van der Waals surface area contributed by atoms with Gasteiger partial charge in [-0.25, -0.2) is 0 Å². The van der Waals surface area contributed by atoms with Gasteiger partial charge in [0, 0.05) is 12.2 Å². The second-order valence-electron chi connectivity index (χ2n) is 4.44. The molecule has 1 saturated carbocycles. The third-order valence-corrected chi connectivity index (χ3v) is 3.23. The zero-order chi connectivity index (χ0) is 13.7. The fourth-order valence-corrected chi connectivity index (χ4v) is 2.18. The SMILES string of the molecule is C[N-]B(C)C[C@@H]1CCCC1Cl.C[N-]C.C[N-]C.[CH3-].[Hf+4]. The summed E-state index contributed by atoms with van der Waals surface area (Å²) in [5.41, 5.74) is 0. The molecule has 0 N–H and O–H groups in total. The fourth-order valence-electron chi connectivity index (χ4n) is 1.80. The first-order chi connectivity index (χ1) is 8.06. The molecule has 0 spiro atoms. The van der Waals surface area contributed by atoms with Crippen LogP contribution < -0.4 is 0 Å². The maximum atomic E-state index is 6.14. The standard InChI is InChI=1S/C8H16BClN.2C2H6N.CH3.Hf/c1-9(11-2)6-7-4-3-5-8(7)10;2*1-3-2;;/h7-8H,3-6H2,1-2H3;2*1-2H3;1H3;/q4*-1;+4/t7-,8?;;;;/m0..../s1. The zero-order valence-electron chi connectivity index (χ0n) is 13.8. The van der Waals surface area contributed by atoms with E-state index in [-0.39, 0.29) is 33.3 Å². The van der Waals surface area contributed by atoms with E-state index in [1.165, 1.54) is 25.6 Å². The first-order valence-electron chi connectivity index (χ1n) is 6.26. The Bertz CT molecular complexity index is 154. The monoisotopic (exact) mass is 455 g/mol. The number of rotatable bonds is 3. The average molecular weight is 454 g/mol. The van der Waals surface area contributed by atoms with Gasteiger partial charge in [0.2, 0.25) is 0 Å². The summed E-state index contributed by atoms with van der Waals surface area (Å²) in [5, 5.41) is 11.7. The molecule has 3 nitrogen and oxygen atoms in total. The molecule has 1 fully saturated rings. The Morgan fingerprint density at radius 1 is 1.05 bits per heavy atom. The molecule has 0 aromatic rings. The van der Waals surface area contributed by atoms with Crippen molar-refractivity contribution in [2.75, 3.05) is 35.2 Å². The van der Waals surface area contributed by atoms with Crippen molar-refractivity contribution in [3.8, 4) is 0 Å². The largest absolute Gasteiger partial charge is 4.00 e. The van der Waals surface area contributed by atoms with Gasteiger partial charge in [0.05, 0.1) is 0 Å². The van der Waals surface area contributed by atoms with Crippen LogP contribution in [0.1, 0.15) is 19.3 Å². The maximum Gasteiger partial charge on any atom is 4.00 e. The van der Waals surface area contributed by atoms with Crippen molar-refractivity contribution in [1.29, 1.82) is 0 Å². The molecule has 2 atom stereocenters. The van der Waals surface area contributed by atoms with Crippen LogP contribution in [0.15, 0.2) is 0 Å². The van der Waals surface area contributed by atoms with Crippen molar-refractivity contribution in [2.45, 2.75) is 37.8 Å². The van der Waals surface area contributed by atoms with E-state index in [1.54, 1.807) is 28.2 Å². The van der Waals surface area contributed by atoms with Gasteiger partial charge in [-0.2, -0.15) is 35.2 Å². The second kappa shape index (κ2) is 21.4. The summed E-state index contributed by atoms with van der Waals surface area (Å²) in [6.07, 6.45) is 5.02. The fraction of sp³-hybridized carbons (Fsp3) is 0.923. The normalized spacial score (nSPS) is 19.7. The third-order valence-electron chi connectivity index (χ3n) is 2.65. The van der Waals surface area contributed by atoms with Crippen LogP contribution >= 0.6 is 11.6 Å². The molecule has 0 aromatic carbocycles. The molecule has 19 heavy (non-hydrogen) atoms. The molecule has 1 aliphatic carbocycles. The number of halogens is 1. The molecule has 0 heterocycles. The minimum absolute atomic E-state index is 0. The van der Waals surface area contributed by atoms with Crippen LogP contribution in [0, 0.1) is 13.3 Å². The zero-order valence-corrected chi connectivity index (χ0v) is 18.1. The smallest absolute Gasteiger partial charge is 0.689 e. The van der Waals surface area contributed by atoms with Gasteiger partial charge in [-0.15, -0.1) is 18.4 Å². The van der Waals surface area contributed by atoms with Crippen LogP contribution in [0.4, 0.5) is 0 Å². The second-order valence-corrected chi connectivity index (χ2v) is 5.00. The molecular formula is C13H31BClHfN3. The maximum absolute atomic E-state index is 6.14. The molecule has 0 aliphatic heterocycles. The summed E-state index contributed by atoms with van der Waals surface area (Å²) in [4.78, 5) is 0. The molecule has 1 rings (SSSR count). The Labute approximate surface area is 146 Å². The Balaban J connectivity index is -0.000000122. The number of hydrogen-bond acceptors (Lipinski definition) is 0. The van der Waals surface area contributed by atoms with Gasteiger partial charge in [-0.1, -0.05) is 12.7 Å². The predicted octanol–water partition coefficient (Wildman–Crippen LogP) is 4.71. The van der Waals surface area contributed by atoms with E-state index in [1.807, 2.05) is 7.05 Å². The Morgan fingerprint density at radius 2 is 1.47 bits per heavy atom. The van der Waals surface area contributed by atoms with Crippen molar-refractivity contribution in [3.63, 3.8) is 0 Å². The van der Waals surface area contributed by atoms with Gasteiger partial charge in [0.1, 0.15) is 0 Å². The van der Waals surface area contributed by atoms with Gasteiger partial charge >= 0.3 is 25.8 Å². The molecule has 0 bridgehead atoms. The molecule has 0 saturated heterocycles. The Kier molecular flexibility index (Phi) is 31.9. The minimum atomic E-state index is 0. The minimum Gasteiger partial charge on any atom is -0.689 e. The topological polar surface area (TPSA) is 42.3 Å². The van der Waals surface area contributed by atoms with Crippen LogP contribution in [-0.4, -0.2) is 47.5 Å². The summed E-state index contributed by atoms with van der Waals surface area (Å²) < 4.78 is 0. The van der Waals surface area contributed by atoms with Crippen LogP contribution in [0.5, 0.6) is 0 Å². The van der Waals surface area contributed by atoms with Crippen molar-refractivity contribution in [3.05, 3.63) is 23.3 Å². The van der Waals surface area contributed by atoms with Crippen LogP contribution in [0.25, 0.3) is 15.9 Å². The van der Waals surface area contributed by atoms with E-state index >= 15 is 0 Å². The summed E-state index contributed by atoms with van der Waals surface area (Å²) in [6, 6.07) is 0. The van der Waals surface area contributed by atoms with E-state index in [0.29, 0.717) is 12.2 Å². The number of nitrogens with zero attached hydrogens (tertiary/aromatic N) is 3. The van der Waals surface area contributed by atoms with Crippen LogP contribution in [0.3, 0.4) is 0 Å². The van der Waals surface area contributed by atoms with Gasteiger partial charge in [0.25, 0.3) is 0 Å². The van der Waals surface area contributed by atoms with Crippen molar-refractivity contribution < 1.29 is 25.8 Å². The van der Waals surface area contributed by atoms with Gasteiger partial charge in [-0.3, -0.25) is 0 Å². The summed E-state index contributed by atoms with van der Waals surface area (Å²) in [6.45, 7) is 2.67. The molecule has 6 heteroatoms. The number of alkyl halides is 1. The Hall–Kier alpha value is 1.11. The molecule has 1 aliphatic rings. The molecule has 0 amide bonds. The van der Waals surface area contributed by atoms with Gasteiger partial charge in [0.15, 0.2) is 0 Å². The van der Waals surface area contributed by atoms with Gasteiger partial charge < -0.3 is 23.3 Å². The molecule has 1 unspecified atom stereocenters. The molecular weight excluding hydrogens is 423 g/mol. The van der Waals surface area contributed by atoms with Crippen molar-refractivity contribution in [2.24, 2.45) is 5.92 Å². The Morgan fingerprint density at radius 3 is 1.74 bits per heavy atom. The quantitative estimate of drug-likeness (QED) is 0.337. The van der Waals surface area contributed by atoms with E-state index in [2.05, 4.69) is 22.7 Å². The van der Waals surface area contributed by atoms with E-state index in [4.69, 9.17) is 11.6 Å². The number of hydrogen-bond donors (Lipinski definition) is 0. The van der Waals surface area contributed by atoms with Gasteiger partial charge in [-0.05, 0) is 18.8 Å². The average Bonchev–Trinajstić information content (AvgIpc) is 2.66. The van der Waals surface area contributed by atoms with Crippen molar-refractivity contribution in [1.82, 2.24) is 0 Å².